The number of halogens is 2. The van der Waals surface area contributed by atoms with Gasteiger partial charge in [-0.1, -0.05) is 107 Å². The third-order valence-electron chi connectivity index (χ3n) is 4.38. The highest BCUT2D eigenvalue weighted by Crippen LogP contribution is 2.39. The average Bonchev–Trinajstić information content (AvgIpc) is 3.24. The van der Waals surface area contributed by atoms with E-state index >= 15 is 0 Å². The Morgan fingerprint density at radius 3 is 2.28 bits per heavy atom. The Morgan fingerprint density at radius 2 is 1.59 bits per heavy atom. The highest BCUT2D eigenvalue weighted by molar-refractivity contribution is 8.02. The Hall–Kier alpha value is -2.58. The van der Waals surface area contributed by atoms with Crippen molar-refractivity contribution in [3.05, 3.63) is 100 Å². The number of aromatic nitrogens is 2. The summed E-state index contributed by atoms with van der Waals surface area (Å²) in [6.45, 7) is 0.651. The van der Waals surface area contributed by atoms with Crippen molar-refractivity contribution in [2.45, 2.75) is 16.1 Å². The number of carbonyl (C=O) groups is 1. The number of anilines is 2. The molecule has 4 aromatic rings. The predicted octanol–water partition coefficient (Wildman–Crippen LogP) is 6.93. The summed E-state index contributed by atoms with van der Waals surface area (Å²) in [7, 11) is 0. The van der Waals surface area contributed by atoms with Crippen molar-refractivity contribution >= 4 is 63.0 Å². The molecule has 1 aromatic heterocycles. The average molecular weight is 501 g/mol. The van der Waals surface area contributed by atoms with E-state index in [4.69, 9.17) is 23.2 Å². The van der Waals surface area contributed by atoms with Crippen molar-refractivity contribution in [2.75, 3.05) is 10.6 Å². The van der Waals surface area contributed by atoms with Gasteiger partial charge in [0.2, 0.25) is 11.0 Å². The lowest BCUT2D eigenvalue weighted by Crippen LogP contribution is -2.19. The van der Waals surface area contributed by atoms with Crippen LogP contribution in [0.5, 0.6) is 0 Å². The van der Waals surface area contributed by atoms with Crippen LogP contribution < -0.4 is 10.6 Å². The molecule has 1 amide bonds. The molecule has 9 heteroatoms. The molecule has 3 aromatic carbocycles. The smallest absolute Gasteiger partial charge is 0.242 e. The first-order valence-electron chi connectivity index (χ1n) is 9.67. The van der Waals surface area contributed by atoms with Crippen LogP contribution in [0.15, 0.2) is 83.2 Å². The maximum atomic E-state index is 13.2. The molecule has 5 nitrogen and oxygen atoms in total. The topological polar surface area (TPSA) is 66.9 Å². The van der Waals surface area contributed by atoms with Crippen LogP contribution in [0.3, 0.4) is 0 Å². The van der Waals surface area contributed by atoms with E-state index in [1.54, 1.807) is 18.2 Å². The van der Waals surface area contributed by atoms with E-state index in [-0.39, 0.29) is 5.91 Å². The second-order valence-corrected chi connectivity index (χ2v) is 9.97. The number of rotatable bonds is 8. The third kappa shape index (κ3) is 6.23. The molecular weight excluding hydrogens is 483 g/mol. The molecule has 0 unspecified atom stereocenters. The summed E-state index contributed by atoms with van der Waals surface area (Å²) < 4.78 is 0.689. The van der Waals surface area contributed by atoms with Gasteiger partial charge in [-0.2, -0.15) is 0 Å². The number of hydrogen-bond acceptors (Lipinski definition) is 6. The highest BCUT2D eigenvalue weighted by Gasteiger charge is 2.24. The lowest BCUT2D eigenvalue weighted by atomic mass is 10.1. The highest BCUT2D eigenvalue weighted by atomic mass is 35.5. The molecule has 2 N–H and O–H groups in total. The van der Waals surface area contributed by atoms with E-state index in [9.17, 15) is 4.79 Å². The van der Waals surface area contributed by atoms with Gasteiger partial charge in [-0.05, 0) is 29.3 Å². The quantitative estimate of drug-likeness (QED) is 0.256. The van der Waals surface area contributed by atoms with Gasteiger partial charge in [0.05, 0.1) is 0 Å². The summed E-state index contributed by atoms with van der Waals surface area (Å²) in [5, 5.41) is 15.7. The van der Waals surface area contributed by atoms with Gasteiger partial charge in [0.15, 0.2) is 4.34 Å². The van der Waals surface area contributed by atoms with E-state index in [0.717, 1.165) is 11.1 Å². The van der Waals surface area contributed by atoms with Gasteiger partial charge in [0.25, 0.3) is 0 Å². The molecule has 0 aliphatic carbocycles. The van der Waals surface area contributed by atoms with E-state index in [1.165, 1.54) is 23.1 Å². The molecule has 32 heavy (non-hydrogen) atoms. The molecule has 0 aliphatic heterocycles. The van der Waals surface area contributed by atoms with Gasteiger partial charge in [-0.15, -0.1) is 10.2 Å². The molecule has 1 atom stereocenters. The number of benzene rings is 3. The molecular formula is C23H18Cl2N4OS2. The summed E-state index contributed by atoms with van der Waals surface area (Å²) in [5.74, 6) is -0.200. The van der Waals surface area contributed by atoms with Crippen LogP contribution in [0.25, 0.3) is 0 Å². The number of nitrogens with zero attached hydrogens (tertiary/aromatic N) is 2. The maximum Gasteiger partial charge on any atom is 0.242 e. The molecule has 0 spiro atoms. The summed E-state index contributed by atoms with van der Waals surface area (Å²) in [4.78, 5) is 13.2. The third-order valence-corrected chi connectivity index (χ3v) is 7.04. The number of hydrogen-bond donors (Lipinski definition) is 2. The second-order valence-electron chi connectivity index (χ2n) is 6.77. The van der Waals surface area contributed by atoms with Crippen molar-refractivity contribution in [1.29, 1.82) is 0 Å². The molecule has 0 radical (unpaired) electrons. The number of carbonyl (C=O) groups excluding carboxylic acids is 1. The maximum absolute atomic E-state index is 13.2. The first kappa shape index (κ1) is 22.6. The Bertz CT molecular complexity index is 1170. The van der Waals surface area contributed by atoms with Crippen molar-refractivity contribution in [1.82, 2.24) is 10.2 Å². The fourth-order valence-corrected chi connectivity index (χ4v) is 5.40. The van der Waals surface area contributed by atoms with E-state index in [1.807, 2.05) is 60.7 Å². The van der Waals surface area contributed by atoms with Crippen LogP contribution in [0.2, 0.25) is 10.0 Å². The fraction of sp³-hybridized carbons (Fsp3) is 0.0870. The fourth-order valence-electron chi connectivity index (χ4n) is 2.94. The molecule has 0 bridgehead atoms. The summed E-state index contributed by atoms with van der Waals surface area (Å²) in [6.07, 6.45) is 0. The lowest BCUT2D eigenvalue weighted by Gasteiger charge is -2.16. The van der Waals surface area contributed by atoms with Gasteiger partial charge in [-0.25, -0.2) is 0 Å². The lowest BCUT2D eigenvalue weighted by molar-refractivity contribution is -0.115. The zero-order chi connectivity index (χ0) is 22.3. The molecule has 1 heterocycles. The van der Waals surface area contributed by atoms with Crippen LogP contribution >= 0.6 is 46.3 Å². The summed E-state index contributed by atoms with van der Waals surface area (Å²) in [5.41, 5.74) is 2.55. The van der Waals surface area contributed by atoms with Crippen LogP contribution in [-0.2, 0) is 11.3 Å². The molecule has 0 fully saturated rings. The van der Waals surface area contributed by atoms with Crippen molar-refractivity contribution in [3.63, 3.8) is 0 Å². The van der Waals surface area contributed by atoms with E-state index < -0.39 is 5.25 Å². The largest absolute Gasteiger partial charge is 0.356 e. The number of nitrogens with one attached hydrogen (secondary N) is 2. The zero-order valence-corrected chi connectivity index (χ0v) is 19.8. The zero-order valence-electron chi connectivity index (χ0n) is 16.7. The minimum atomic E-state index is -0.524. The van der Waals surface area contributed by atoms with Crippen LogP contribution in [0, 0.1) is 0 Å². The molecule has 0 saturated carbocycles. The van der Waals surface area contributed by atoms with Gasteiger partial charge in [0, 0.05) is 22.3 Å². The Balaban J connectivity index is 1.49. The first-order valence-corrected chi connectivity index (χ1v) is 12.1. The van der Waals surface area contributed by atoms with E-state index in [2.05, 4.69) is 20.8 Å². The van der Waals surface area contributed by atoms with Crippen molar-refractivity contribution in [2.24, 2.45) is 0 Å². The van der Waals surface area contributed by atoms with Crippen LogP contribution in [0.1, 0.15) is 16.4 Å². The molecule has 0 aliphatic rings. The molecule has 0 saturated heterocycles. The summed E-state index contributed by atoms with van der Waals surface area (Å²) >= 11 is 14.9. The van der Waals surface area contributed by atoms with Gasteiger partial charge >= 0.3 is 0 Å². The first-order chi connectivity index (χ1) is 15.6. The number of thioether (sulfide) groups is 1. The Labute approximate surface area is 204 Å². The van der Waals surface area contributed by atoms with Gasteiger partial charge in [-0.3, -0.25) is 4.79 Å². The standard InChI is InChI=1S/C23H18Cl2N4OS2/c24-17-11-18(25)13-19(12-17)27-21(30)20(16-9-5-2-6-10-16)31-23-29-28-22(32-23)26-14-15-7-3-1-4-8-15/h1-13,20H,14H2,(H,26,28)(H,27,30)/t20-/m0/s1. The van der Waals surface area contributed by atoms with Gasteiger partial charge < -0.3 is 10.6 Å². The second kappa shape index (κ2) is 10.8. The van der Waals surface area contributed by atoms with Crippen LogP contribution in [0.4, 0.5) is 10.8 Å². The normalized spacial score (nSPS) is 11.7. The van der Waals surface area contributed by atoms with E-state index in [0.29, 0.717) is 31.7 Å². The monoisotopic (exact) mass is 500 g/mol. The predicted molar refractivity (Wildman–Crippen MR) is 134 cm³/mol. The molecule has 4 rings (SSSR count). The summed E-state index contributed by atoms with van der Waals surface area (Å²) in [6, 6.07) is 24.5. The minimum absolute atomic E-state index is 0.200. The van der Waals surface area contributed by atoms with Crippen LogP contribution in [-0.4, -0.2) is 16.1 Å². The number of amides is 1. The Kier molecular flexibility index (Phi) is 7.65. The van der Waals surface area contributed by atoms with Crippen molar-refractivity contribution < 1.29 is 4.79 Å². The SMILES string of the molecule is O=C(Nc1cc(Cl)cc(Cl)c1)[C@@H](Sc1nnc(NCc2ccccc2)s1)c1ccccc1. The van der Waals surface area contributed by atoms with Crippen molar-refractivity contribution in [3.8, 4) is 0 Å². The minimum Gasteiger partial charge on any atom is -0.356 e. The molecule has 162 valence electrons. The van der Waals surface area contributed by atoms with Gasteiger partial charge in [0.1, 0.15) is 5.25 Å². The Morgan fingerprint density at radius 1 is 0.938 bits per heavy atom.